The average Bonchev–Trinajstić information content (AvgIpc) is 2.67. The highest BCUT2D eigenvalue weighted by Gasteiger charge is 2.21. The second-order valence-corrected chi connectivity index (χ2v) is 4.53. The summed E-state index contributed by atoms with van der Waals surface area (Å²) in [6.45, 7) is 2.49. The molecule has 1 saturated heterocycles. The fourth-order valence-electron chi connectivity index (χ4n) is 1.95. The molecule has 1 rings (SSSR count). The van der Waals surface area contributed by atoms with E-state index in [1.165, 1.54) is 0 Å². The zero-order valence-corrected chi connectivity index (χ0v) is 10.3. The Morgan fingerprint density at radius 2 is 2.12 bits per heavy atom. The van der Waals surface area contributed by atoms with Crippen molar-refractivity contribution in [2.24, 2.45) is 0 Å². The van der Waals surface area contributed by atoms with E-state index in [0.29, 0.717) is 25.5 Å². The van der Waals surface area contributed by atoms with Crippen molar-refractivity contribution in [2.45, 2.75) is 57.7 Å². The first kappa shape index (κ1) is 14.0. The number of carboxylic acid groups (broad SMARTS) is 1. The zero-order valence-electron chi connectivity index (χ0n) is 10.3. The van der Waals surface area contributed by atoms with E-state index in [4.69, 9.17) is 9.84 Å². The van der Waals surface area contributed by atoms with Crippen LogP contribution in [0.4, 0.5) is 0 Å². The Kier molecular flexibility index (Phi) is 5.97. The summed E-state index contributed by atoms with van der Waals surface area (Å²) in [5.41, 5.74) is 0. The normalized spacial score (nSPS) is 23.6. The largest absolute Gasteiger partial charge is 0.481 e. The lowest BCUT2D eigenvalue weighted by Crippen LogP contribution is -2.25. The molecule has 0 radical (unpaired) electrons. The summed E-state index contributed by atoms with van der Waals surface area (Å²) in [7, 11) is 0. The van der Waals surface area contributed by atoms with Crippen molar-refractivity contribution in [3.8, 4) is 0 Å². The molecule has 0 bridgehead atoms. The maximum absolute atomic E-state index is 11.4. The van der Waals surface area contributed by atoms with Crippen LogP contribution in [0.25, 0.3) is 0 Å². The molecule has 0 aromatic carbocycles. The maximum Gasteiger partial charge on any atom is 0.303 e. The fraction of sp³-hybridized carbons (Fsp3) is 0.833. The van der Waals surface area contributed by atoms with Gasteiger partial charge in [0.25, 0.3) is 0 Å². The topological polar surface area (TPSA) is 75.6 Å². The number of nitrogens with one attached hydrogen (secondary N) is 1. The molecule has 0 unspecified atom stereocenters. The minimum atomic E-state index is -0.826. The molecule has 17 heavy (non-hydrogen) atoms. The van der Waals surface area contributed by atoms with Crippen molar-refractivity contribution in [1.82, 2.24) is 5.32 Å². The Balaban J connectivity index is 1.99. The van der Waals surface area contributed by atoms with Crippen LogP contribution in [0.2, 0.25) is 0 Å². The van der Waals surface area contributed by atoms with E-state index in [-0.39, 0.29) is 18.4 Å². The highest BCUT2D eigenvalue weighted by molar-refractivity contribution is 5.75. The summed E-state index contributed by atoms with van der Waals surface area (Å²) in [4.78, 5) is 21.7. The van der Waals surface area contributed by atoms with Crippen molar-refractivity contribution in [1.29, 1.82) is 0 Å². The molecular weight excluding hydrogens is 222 g/mol. The number of hydrogen-bond acceptors (Lipinski definition) is 3. The maximum atomic E-state index is 11.4. The molecule has 0 spiro atoms. The Morgan fingerprint density at radius 3 is 2.71 bits per heavy atom. The van der Waals surface area contributed by atoms with Crippen LogP contribution in [-0.2, 0) is 14.3 Å². The zero-order chi connectivity index (χ0) is 12.7. The van der Waals surface area contributed by atoms with E-state index in [9.17, 15) is 9.59 Å². The summed E-state index contributed by atoms with van der Waals surface area (Å²) in [6.07, 6.45) is 4.45. The highest BCUT2D eigenvalue weighted by atomic mass is 16.5. The molecular formula is C12H21NO4. The second kappa shape index (κ2) is 7.27. The number of ether oxygens (including phenoxy) is 1. The van der Waals surface area contributed by atoms with Gasteiger partial charge < -0.3 is 15.2 Å². The molecule has 0 saturated carbocycles. The van der Waals surface area contributed by atoms with Crippen molar-refractivity contribution in [3.63, 3.8) is 0 Å². The van der Waals surface area contributed by atoms with E-state index in [1.54, 1.807) is 0 Å². The van der Waals surface area contributed by atoms with Gasteiger partial charge in [0.15, 0.2) is 0 Å². The molecule has 0 aromatic heterocycles. The van der Waals surface area contributed by atoms with Crippen molar-refractivity contribution in [3.05, 3.63) is 0 Å². The number of carboxylic acids is 1. The Hall–Kier alpha value is -1.10. The molecule has 1 heterocycles. The van der Waals surface area contributed by atoms with Gasteiger partial charge in [-0.25, -0.2) is 0 Å². The third-order valence-electron chi connectivity index (χ3n) is 2.90. The van der Waals surface area contributed by atoms with Crippen LogP contribution in [0.5, 0.6) is 0 Å². The van der Waals surface area contributed by atoms with Gasteiger partial charge in [-0.2, -0.15) is 0 Å². The first-order valence-corrected chi connectivity index (χ1v) is 6.22. The predicted molar refractivity (Wildman–Crippen MR) is 62.7 cm³/mol. The lowest BCUT2D eigenvalue weighted by Gasteiger charge is -2.10. The molecule has 5 nitrogen and oxygen atoms in total. The molecule has 2 atom stereocenters. The van der Waals surface area contributed by atoms with Crippen LogP contribution in [0, 0.1) is 0 Å². The predicted octanol–water partition coefficient (Wildman–Crippen LogP) is 1.32. The molecule has 0 aromatic rings. The standard InChI is InChI=1S/C12H21NO4/c1-9-4-5-10(17-9)6-7-11(14)13-8-2-3-12(15)16/h9-10H,2-8H2,1H3,(H,13,14)(H,15,16)/t9-,10+/m1/s1. The van der Waals surface area contributed by atoms with Crippen molar-refractivity contribution < 1.29 is 19.4 Å². The van der Waals surface area contributed by atoms with Crippen LogP contribution in [-0.4, -0.2) is 35.7 Å². The first-order valence-electron chi connectivity index (χ1n) is 6.22. The summed E-state index contributed by atoms with van der Waals surface area (Å²) < 4.78 is 5.61. The van der Waals surface area contributed by atoms with Crippen LogP contribution < -0.4 is 5.32 Å². The Labute approximate surface area is 102 Å². The smallest absolute Gasteiger partial charge is 0.303 e. The molecule has 1 fully saturated rings. The van der Waals surface area contributed by atoms with Gasteiger partial charge in [0.2, 0.25) is 5.91 Å². The van der Waals surface area contributed by atoms with Crippen LogP contribution >= 0.6 is 0 Å². The summed E-state index contributed by atoms with van der Waals surface area (Å²) in [5, 5.41) is 11.1. The first-order chi connectivity index (χ1) is 8.08. The summed E-state index contributed by atoms with van der Waals surface area (Å²) in [6, 6.07) is 0. The van der Waals surface area contributed by atoms with Crippen LogP contribution in [0.3, 0.4) is 0 Å². The molecule has 98 valence electrons. The van der Waals surface area contributed by atoms with E-state index in [1.807, 2.05) is 6.92 Å². The quantitative estimate of drug-likeness (QED) is 0.661. The van der Waals surface area contributed by atoms with Crippen molar-refractivity contribution >= 4 is 11.9 Å². The van der Waals surface area contributed by atoms with E-state index >= 15 is 0 Å². The van der Waals surface area contributed by atoms with E-state index in [0.717, 1.165) is 19.3 Å². The molecule has 5 heteroatoms. The number of carbonyl (C=O) groups is 2. The fourth-order valence-corrected chi connectivity index (χ4v) is 1.95. The van der Waals surface area contributed by atoms with Crippen molar-refractivity contribution in [2.75, 3.05) is 6.54 Å². The Bertz CT molecular complexity index is 267. The lowest BCUT2D eigenvalue weighted by atomic mass is 10.1. The number of rotatable bonds is 7. The van der Waals surface area contributed by atoms with Gasteiger partial charge in [-0.15, -0.1) is 0 Å². The van der Waals surface area contributed by atoms with Crippen LogP contribution in [0.15, 0.2) is 0 Å². The van der Waals surface area contributed by atoms with Gasteiger partial charge >= 0.3 is 5.97 Å². The lowest BCUT2D eigenvalue weighted by molar-refractivity contribution is -0.137. The van der Waals surface area contributed by atoms with Gasteiger partial charge in [0.1, 0.15) is 0 Å². The second-order valence-electron chi connectivity index (χ2n) is 4.53. The molecule has 1 aliphatic rings. The molecule has 2 N–H and O–H groups in total. The van der Waals surface area contributed by atoms with Crippen LogP contribution in [0.1, 0.15) is 45.4 Å². The van der Waals surface area contributed by atoms with E-state index < -0.39 is 5.97 Å². The van der Waals surface area contributed by atoms with Gasteiger partial charge in [-0.1, -0.05) is 0 Å². The monoisotopic (exact) mass is 243 g/mol. The highest BCUT2D eigenvalue weighted by Crippen LogP contribution is 2.22. The van der Waals surface area contributed by atoms with E-state index in [2.05, 4.69) is 5.32 Å². The Morgan fingerprint density at radius 1 is 1.35 bits per heavy atom. The van der Waals surface area contributed by atoms with Gasteiger partial charge in [-0.05, 0) is 32.6 Å². The molecule has 1 amide bonds. The third-order valence-corrected chi connectivity index (χ3v) is 2.90. The number of carbonyl (C=O) groups excluding carboxylic acids is 1. The van der Waals surface area contributed by atoms with Gasteiger partial charge in [0, 0.05) is 19.4 Å². The third kappa shape index (κ3) is 6.26. The average molecular weight is 243 g/mol. The minimum Gasteiger partial charge on any atom is -0.481 e. The number of amides is 1. The van der Waals surface area contributed by atoms with Gasteiger partial charge in [-0.3, -0.25) is 9.59 Å². The SMILES string of the molecule is C[C@@H]1CC[C@@H](CCC(=O)NCCCC(=O)O)O1. The molecule has 1 aliphatic heterocycles. The number of hydrogen-bond donors (Lipinski definition) is 2. The summed E-state index contributed by atoms with van der Waals surface area (Å²) in [5.74, 6) is -0.842. The minimum absolute atomic E-state index is 0.0152. The number of aliphatic carboxylic acids is 1. The molecule has 0 aliphatic carbocycles. The summed E-state index contributed by atoms with van der Waals surface area (Å²) >= 11 is 0. The van der Waals surface area contributed by atoms with Gasteiger partial charge in [0.05, 0.1) is 12.2 Å².